The van der Waals surface area contributed by atoms with Crippen LogP contribution in [0.5, 0.6) is 0 Å². The van der Waals surface area contributed by atoms with Gasteiger partial charge < -0.3 is 15.5 Å². The van der Waals surface area contributed by atoms with Crippen molar-refractivity contribution < 1.29 is 4.79 Å². The van der Waals surface area contributed by atoms with E-state index in [-0.39, 0.29) is 29.9 Å². The first kappa shape index (κ1) is 26.4. The number of aryl methyl sites for hydroxylation is 2. The van der Waals surface area contributed by atoms with Gasteiger partial charge >= 0.3 is 0 Å². The average Bonchev–Trinajstić information content (AvgIpc) is 3.13. The first-order chi connectivity index (χ1) is 15.4. The van der Waals surface area contributed by atoms with Crippen molar-refractivity contribution >= 4 is 35.8 Å². The lowest BCUT2D eigenvalue weighted by molar-refractivity contribution is 0.0827. The van der Waals surface area contributed by atoms with E-state index in [1.54, 1.807) is 26.0 Å². The maximum atomic E-state index is 12.2. The number of halogens is 1. The number of hydrogen-bond donors (Lipinski definition) is 2. The molecule has 3 rings (SSSR count). The third kappa shape index (κ3) is 7.05. The largest absolute Gasteiger partial charge is 0.356 e. The Kier molecular flexibility index (Phi) is 9.90. The van der Waals surface area contributed by atoms with Crippen LogP contribution in [-0.4, -0.2) is 54.2 Å². The van der Waals surface area contributed by atoms with Crippen LogP contribution in [0, 0.1) is 13.8 Å². The van der Waals surface area contributed by atoms with E-state index in [0.29, 0.717) is 18.7 Å². The second kappa shape index (κ2) is 12.4. The molecule has 2 N–H and O–H groups in total. The Morgan fingerprint density at radius 1 is 1.06 bits per heavy atom. The van der Waals surface area contributed by atoms with E-state index in [1.807, 2.05) is 48.0 Å². The zero-order valence-corrected chi connectivity index (χ0v) is 22.3. The highest BCUT2D eigenvalue weighted by Crippen LogP contribution is 2.17. The average molecular weight is 560 g/mol. The molecule has 0 aliphatic heterocycles. The van der Waals surface area contributed by atoms with Crippen molar-refractivity contribution in [1.82, 2.24) is 25.3 Å². The highest BCUT2D eigenvalue weighted by Gasteiger charge is 2.10. The van der Waals surface area contributed by atoms with Gasteiger partial charge in [-0.2, -0.15) is 5.10 Å². The molecule has 3 aromatic rings. The summed E-state index contributed by atoms with van der Waals surface area (Å²) in [5, 5.41) is 11.4. The van der Waals surface area contributed by atoms with Gasteiger partial charge in [-0.25, -0.2) is 4.68 Å². The molecule has 7 nitrogen and oxygen atoms in total. The van der Waals surface area contributed by atoms with Crippen molar-refractivity contribution in [1.29, 1.82) is 0 Å². The molecule has 0 unspecified atom stereocenters. The van der Waals surface area contributed by atoms with Crippen LogP contribution in [0.25, 0.3) is 5.69 Å². The molecule has 0 spiro atoms. The van der Waals surface area contributed by atoms with Crippen LogP contribution in [-0.2, 0) is 13.0 Å². The number of hydrogen-bond acceptors (Lipinski definition) is 3. The molecule has 0 saturated heterocycles. The molecule has 0 bridgehead atoms. The third-order valence-corrected chi connectivity index (χ3v) is 5.19. The monoisotopic (exact) mass is 560 g/mol. The van der Waals surface area contributed by atoms with E-state index >= 15 is 0 Å². The number of para-hydroxylation sites is 1. The summed E-state index contributed by atoms with van der Waals surface area (Å²) in [5.41, 5.74) is 6.11. The van der Waals surface area contributed by atoms with E-state index in [0.717, 1.165) is 40.6 Å². The van der Waals surface area contributed by atoms with Gasteiger partial charge in [0.05, 0.1) is 11.4 Å². The molecule has 0 aliphatic carbocycles. The fraction of sp³-hybridized carbons (Fsp3) is 0.320. The Labute approximate surface area is 213 Å². The molecule has 1 amide bonds. The summed E-state index contributed by atoms with van der Waals surface area (Å²) in [6.07, 6.45) is 0.789. The number of guanidine groups is 1. The number of rotatable bonds is 7. The normalized spacial score (nSPS) is 11.0. The number of nitrogens with zero attached hydrogens (tertiary/aromatic N) is 4. The molecule has 0 radical (unpaired) electrons. The summed E-state index contributed by atoms with van der Waals surface area (Å²) in [6.45, 7) is 5.40. The van der Waals surface area contributed by atoms with Crippen LogP contribution in [0.3, 0.4) is 0 Å². The molecule has 1 aromatic heterocycles. The molecule has 0 fully saturated rings. The van der Waals surface area contributed by atoms with Crippen molar-refractivity contribution in [2.45, 2.75) is 26.8 Å². The SMILES string of the molecule is CN=C(NCCc1cccc(C(=O)N(C)C)c1)NCc1ccccc1-n1nc(C)cc1C.I. The molecule has 0 aliphatic rings. The van der Waals surface area contributed by atoms with Crippen LogP contribution in [0.15, 0.2) is 59.6 Å². The van der Waals surface area contributed by atoms with Gasteiger partial charge in [-0.05, 0) is 55.7 Å². The number of carbonyl (C=O) groups excluding carboxylic acids is 1. The van der Waals surface area contributed by atoms with Gasteiger partial charge in [0.15, 0.2) is 5.96 Å². The lowest BCUT2D eigenvalue weighted by Gasteiger charge is -2.15. The molecule has 8 heteroatoms. The first-order valence-corrected chi connectivity index (χ1v) is 10.8. The fourth-order valence-electron chi connectivity index (χ4n) is 3.58. The summed E-state index contributed by atoms with van der Waals surface area (Å²) in [6, 6.07) is 18.1. The predicted octanol–water partition coefficient (Wildman–Crippen LogP) is 3.72. The number of amides is 1. The van der Waals surface area contributed by atoms with Crippen molar-refractivity contribution in [3.8, 4) is 5.69 Å². The van der Waals surface area contributed by atoms with E-state index < -0.39 is 0 Å². The van der Waals surface area contributed by atoms with E-state index in [2.05, 4.69) is 45.8 Å². The van der Waals surface area contributed by atoms with Gasteiger partial charge in [-0.1, -0.05) is 30.3 Å². The molecule has 0 saturated carbocycles. The molecule has 0 atom stereocenters. The van der Waals surface area contributed by atoms with Gasteiger partial charge in [0.2, 0.25) is 0 Å². The van der Waals surface area contributed by atoms with Gasteiger partial charge in [-0.3, -0.25) is 9.79 Å². The third-order valence-electron chi connectivity index (χ3n) is 5.19. The minimum Gasteiger partial charge on any atom is -0.356 e. The van der Waals surface area contributed by atoms with Crippen LogP contribution < -0.4 is 10.6 Å². The minimum atomic E-state index is 0. The van der Waals surface area contributed by atoms with Crippen molar-refractivity contribution in [3.05, 3.63) is 82.7 Å². The van der Waals surface area contributed by atoms with E-state index in [1.165, 1.54) is 0 Å². The van der Waals surface area contributed by atoms with E-state index in [9.17, 15) is 4.79 Å². The number of nitrogens with one attached hydrogen (secondary N) is 2. The Morgan fingerprint density at radius 2 is 1.82 bits per heavy atom. The predicted molar refractivity (Wildman–Crippen MR) is 145 cm³/mol. The van der Waals surface area contributed by atoms with Crippen LogP contribution in [0.1, 0.15) is 32.9 Å². The second-order valence-electron chi connectivity index (χ2n) is 7.97. The smallest absolute Gasteiger partial charge is 0.253 e. The second-order valence-corrected chi connectivity index (χ2v) is 7.97. The van der Waals surface area contributed by atoms with Crippen LogP contribution >= 0.6 is 24.0 Å². The molecular weight excluding hydrogens is 527 g/mol. The van der Waals surface area contributed by atoms with Crippen LogP contribution in [0.4, 0.5) is 0 Å². The van der Waals surface area contributed by atoms with Gasteiger partial charge in [-0.15, -0.1) is 24.0 Å². The van der Waals surface area contributed by atoms with Crippen molar-refractivity contribution in [3.63, 3.8) is 0 Å². The number of aromatic nitrogens is 2. The molecule has 176 valence electrons. The van der Waals surface area contributed by atoms with Crippen LogP contribution in [0.2, 0.25) is 0 Å². The Balaban J connectivity index is 0.00000385. The topological polar surface area (TPSA) is 74.6 Å². The summed E-state index contributed by atoms with van der Waals surface area (Å²) in [5.74, 6) is 0.743. The number of carbonyl (C=O) groups is 1. The summed E-state index contributed by atoms with van der Waals surface area (Å²) in [7, 11) is 5.29. The summed E-state index contributed by atoms with van der Waals surface area (Å²) >= 11 is 0. The van der Waals surface area contributed by atoms with Gasteiger partial charge in [0.1, 0.15) is 0 Å². The zero-order valence-electron chi connectivity index (χ0n) is 19.9. The molecule has 2 aromatic carbocycles. The first-order valence-electron chi connectivity index (χ1n) is 10.8. The van der Waals surface area contributed by atoms with Gasteiger partial charge in [0.25, 0.3) is 5.91 Å². The zero-order chi connectivity index (χ0) is 23.1. The Hall–Kier alpha value is -2.88. The lowest BCUT2D eigenvalue weighted by Crippen LogP contribution is -2.38. The Bertz CT molecular complexity index is 1110. The summed E-state index contributed by atoms with van der Waals surface area (Å²) in [4.78, 5) is 18.1. The molecular formula is C25H33IN6O. The minimum absolute atomic E-state index is 0. The van der Waals surface area contributed by atoms with E-state index in [4.69, 9.17) is 0 Å². The lowest BCUT2D eigenvalue weighted by atomic mass is 10.1. The Morgan fingerprint density at radius 3 is 2.48 bits per heavy atom. The number of aliphatic imine (C=N–C) groups is 1. The molecule has 33 heavy (non-hydrogen) atoms. The van der Waals surface area contributed by atoms with Crippen molar-refractivity contribution in [2.75, 3.05) is 27.7 Å². The summed E-state index contributed by atoms with van der Waals surface area (Å²) < 4.78 is 1.98. The highest BCUT2D eigenvalue weighted by molar-refractivity contribution is 14.0. The molecule has 1 heterocycles. The number of benzene rings is 2. The quantitative estimate of drug-likeness (QED) is 0.263. The maximum absolute atomic E-state index is 12.2. The van der Waals surface area contributed by atoms with Gasteiger partial charge in [0, 0.05) is 45.5 Å². The fourth-order valence-corrected chi connectivity index (χ4v) is 3.58. The standard InChI is InChI=1S/C25H32N6O.HI/c1-18-15-19(2)31(29-18)23-12-7-6-10-22(23)17-28-25(26-3)27-14-13-20-9-8-11-21(16-20)24(32)30(4)5;/h6-12,15-16H,13-14,17H2,1-5H3,(H2,26,27,28);1H. The maximum Gasteiger partial charge on any atom is 0.253 e. The highest BCUT2D eigenvalue weighted by atomic mass is 127. The van der Waals surface area contributed by atoms with Crippen molar-refractivity contribution in [2.24, 2.45) is 4.99 Å².